The second-order valence-corrected chi connectivity index (χ2v) is 6.86. The Kier molecular flexibility index (Phi) is 21.7. The molecular formula is C22H40O7. The van der Waals surface area contributed by atoms with Crippen molar-refractivity contribution in [3.63, 3.8) is 0 Å². The molecular weight excluding hydrogens is 376 g/mol. The Morgan fingerprint density at radius 2 is 1.07 bits per heavy atom. The molecule has 0 aromatic heterocycles. The van der Waals surface area contributed by atoms with Crippen molar-refractivity contribution < 1.29 is 33.6 Å². The van der Waals surface area contributed by atoms with E-state index in [9.17, 15) is 9.59 Å². The minimum atomic E-state index is -1.19. The topological polar surface area (TPSA) is 91.3 Å². The van der Waals surface area contributed by atoms with Crippen LogP contribution >= 0.6 is 0 Å². The number of esters is 1. The molecule has 0 bridgehead atoms. The molecule has 0 aliphatic heterocycles. The van der Waals surface area contributed by atoms with Crippen molar-refractivity contribution in [2.24, 2.45) is 0 Å². The van der Waals surface area contributed by atoms with Gasteiger partial charge in [0.05, 0.1) is 33.0 Å². The number of unbranched alkanes of at least 4 members (excludes halogenated alkanes) is 9. The van der Waals surface area contributed by atoms with E-state index in [-0.39, 0.29) is 13.2 Å². The summed E-state index contributed by atoms with van der Waals surface area (Å²) < 4.78 is 20.9. The quantitative estimate of drug-likeness (QED) is 0.161. The SMILES string of the molecule is CCCCCCCCCCCCOCCOCCOCCOC(=O)/C=C\C(=O)O. The summed E-state index contributed by atoms with van der Waals surface area (Å²) in [5, 5.41) is 8.36. The summed E-state index contributed by atoms with van der Waals surface area (Å²) in [6, 6.07) is 0. The van der Waals surface area contributed by atoms with Crippen LogP contribution in [0.3, 0.4) is 0 Å². The summed E-state index contributed by atoms with van der Waals surface area (Å²) in [5.41, 5.74) is 0. The molecule has 0 amide bonds. The lowest BCUT2D eigenvalue weighted by atomic mass is 10.1. The first kappa shape index (κ1) is 27.6. The third kappa shape index (κ3) is 24.5. The molecule has 0 aliphatic rings. The van der Waals surface area contributed by atoms with Crippen LogP contribution < -0.4 is 0 Å². The number of aliphatic carboxylic acids is 1. The van der Waals surface area contributed by atoms with Crippen LogP contribution in [0.25, 0.3) is 0 Å². The molecule has 0 aromatic carbocycles. The maximum absolute atomic E-state index is 11.1. The summed E-state index contributed by atoms with van der Waals surface area (Å²) in [6.07, 6.45) is 14.8. The standard InChI is InChI=1S/C22H40O7/c1-2-3-4-5-6-7-8-9-10-11-14-26-15-16-27-17-18-28-19-20-29-22(25)13-12-21(23)24/h12-13H,2-11,14-20H2,1H3,(H,23,24)/b13-12-. The Morgan fingerprint density at radius 3 is 1.59 bits per heavy atom. The van der Waals surface area contributed by atoms with Crippen LogP contribution in [0.2, 0.25) is 0 Å². The van der Waals surface area contributed by atoms with Crippen molar-refractivity contribution in [3.05, 3.63) is 12.2 Å². The van der Waals surface area contributed by atoms with Crippen molar-refractivity contribution in [2.45, 2.75) is 71.1 Å². The number of hydrogen-bond acceptors (Lipinski definition) is 6. The molecule has 170 valence electrons. The lowest BCUT2D eigenvalue weighted by Crippen LogP contribution is -2.13. The van der Waals surface area contributed by atoms with Gasteiger partial charge in [0.2, 0.25) is 0 Å². The van der Waals surface area contributed by atoms with E-state index in [1.807, 2.05) is 0 Å². The van der Waals surface area contributed by atoms with Crippen LogP contribution in [0, 0.1) is 0 Å². The van der Waals surface area contributed by atoms with Gasteiger partial charge >= 0.3 is 11.9 Å². The highest BCUT2D eigenvalue weighted by Gasteiger charge is 1.98. The summed E-state index contributed by atoms with van der Waals surface area (Å²) >= 11 is 0. The van der Waals surface area contributed by atoms with Gasteiger partial charge in [0.25, 0.3) is 0 Å². The van der Waals surface area contributed by atoms with Crippen molar-refractivity contribution >= 4 is 11.9 Å². The van der Waals surface area contributed by atoms with Gasteiger partial charge in [0.1, 0.15) is 6.61 Å². The summed E-state index contributed by atoms with van der Waals surface area (Å²) in [4.78, 5) is 21.3. The Hall–Kier alpha value is -1.44. The Bertz CT molecular complexity index is 410. The fourth-order valence-corrected chi connectivity index (χ4v) is 2.62. The molecule has 1 N–H and O–H groups in total. The third-order valence-electron chi connectivity index (χ3n) is 4.22. The highest BCUT2D eigenvalue weighted by molar-refractivity contribution is 5.90. The molecule has 0 fully saturated rings. The average Bonchev–Trinajstić information content (AvgIpc) is 2.70. The van der Waals surface area contributed by atoms with E-state index in [1.54, 1.807) is 0 Å². The fourth-order valence-electron chi connectivity index (χ4n) is 2.62. The zero-order valence-corrected chi connectivity index (χ0v) is 18.1. The van der Waals surface area contributed by atoms with E-state index >= 15 is 0 Å². The van der Waals surface area contributed by atoms with Gasteiger partial charge in [0, 0.05) is 18.8 Å². The first-order valence-electron chi connectivity index (χ1n) is 11.0. The Morgan fingerprint density at radius 1 is 0.621 bits per heavy atom. The maximum Gasteiger partial charge on any atom is 0.331 e. The molecule has 0 atom stereocenters. The summed E-state index contributed by atoms with van der Waals surface area (Å²) in [5.74, 6) is -1.89. The molecule has 7 heteroatoms. The van der Waals surface area contributed by atoms with Crippen molar-refractivity contribution in [2.75, 3.05) is 46.2 Å². The fraction of sp³-hybridized carbons (Fsp3) is 0.818. The molecule has 0 spiro atoms. The number of carboxylic acid groups (broad SMARTS) is 1. The van der Waals surface area contributed by atoms with E-state index in [1.165, 1.54) is 57.8 Å². The molecule has 0 rings (SSSR count). The van der Waals surface area contributed by atoms with E-state index < -0.39 is 11.9 Å². The minimum Gasteiger partial charge on any atom is -0.478 e. The predicted octanol–water partition coefficient (Wildman–Crippen LogP) is 4.14. The number of ether oxygens (including phenoxy) is 4. The average molecular weight is 417 g/mol. The van der Waals surface area contributed by atoms with Crippen LogP contribution in [0.5, 0.6) is 0 Å². The number of carbonyl (C=O) groups excluding carboxylic acids is 1. The van der Waals surface area contributed by atoms with E-state index in [0.29, 0.717) is 26.4 Å². The van der Waals surface area contributed by atoms with E-state index in [2.05, 4.69) is 6.92 Å². The highest BCUT2D eigenvalue weighted by atomic mass is 16.6. The highest BCUT2D eigenvalue weighted by Crippen LogP contribution is 2.10. The lowest BCUT2D eigenvalue weighted by molar-refractivity contribution is -0.140. The predicted molar refractivity (Wildman–Crippen MR) is 112 cm³/mol. The van der Waals surface area contributed by atoms with Gasteiger partial charge in [0.15, 0.2) is 0 Å². The second-order valence-electron chi connectivity index (χ2n) is 6.86. The van der Waals surface area contributed by atoms with Crippen molar-refractivity contribution in [3.8, 4) is 0 Å². The van der Waals surface area contributed by atoms with Crippen LogP contribution in [0.4, 0.5) is 0 Å². The van der Waals surface area contributed by atoms with Gasteiger partial charge in [-0.25, -0.2) is 9.59 Å². The zero-order chi connectivity index (χ0) is 21.4. The lowest BCUT2D eigenvalue weighted by Gasteiger charge is -2.07. The summed E-state index contributed by atoms with van der Waals surface area (Å²) in [7, 11) is 0. The van der Waals surface area contributed by atoms with Gasteiger partial charge in [-0.3, -0.25) is 0 Å². The first-order chi connectivity index (χ1) is 14.2. The molecule has 29 heavy (non-hydrogen) atoms. The number of rotatable bonds is 22. The van der Waals surface area contributed by atoms with Gasteiger partial charge < -0.3 is 24.1 Å². The maximum atomic E-state index is 11.1. The third-order valence-corrected chi connectivity index (χ3v) is 4.22. The van der Waals surface area contributed by atoms with Gasteiger partial charge in [-0.2, -0.15) is 0 Å². The monoisotopic (exact) mass is 416 g/mol. The summed E-state index contributed by atoms with van der Waals surface area (Å²) in [6.45, 7) is 5.34. The van der Waals surface area contributed by atoms with Crippen LogP contribution in [0.1, 0.15) is 71.1 Å². The Labute approximate surface area is 175 Å². The molecule has 0 radical (unpaired) electrons. The smallest absolute Gasteiger partial charge is 0.331 e. The largest absolute Gasteiger partial charge is 0.478 e. The minimum absolute atomic E-state index is 0.0742. The molecule has 0 aliphatic carbocycles. The van der Waals surface area contributed by atoms with Gasteiger partial charge in [-0.15, -0.1) is 0 Å². The Balaban J connectivity index is 3.12. The molecule has 0 saturated heterocycles. The zero-order valence-electron chi connectivity index (χ0n) is 18.1. The van der Waals surface area contributed by atoms with Crippen LogP contribution in [0.15, 0.2) is 12.2 Å². The molecule has 7 nitrogen and oxygen atoms in total. The molecule has 0 heterocycles. The van der Waals surface area contributed by atoms with Crippen LogP contribution in [-0.4, -0.2) is 63.3 Å². The number of carboxylic acids is 1. The van der Waals surface area contributed by atoms with E-state index in [0.717, 1.165) is 25.2 Å². The normalized spacial score (nSPS) is 11.2. The van der Waals surface area contributed by atoms with Gasteiger partial charge in [-0.1, -0.05) is 64.7 Å². The number of carbonyl (C=O) groups is 2. The molecule has 0 unspecified atom stereocenters. The first-order valence-corrected chi connectivity index (χ1v) is 11.0. The van der Waals surface area contributed by atoms with E-state index in [4.69, 9.17) is 24.1 Å². The molecule has 0 saturated carbocycles. The second kappa shape index (κ2) is 22.8. The van der Waals surface area contributed by atoms with Gasteiger partial charge in [-0.05, 0) is 6.42 Å². The van der Waals surface area contributed by atoms with Crippen molar-refractivity contribution in [1.82, 2.24) is 0 Å². The molecule has 0 aromatic rings. The van der Waals surface area contributed by atoms with Crippen LogP contribution in [-0.2, 0) is 28.5 Å². The number of hydrogen-bond donors (Lipinski definition) is 1. The van der Waals surface area contributed by atoms with Crippen molar-refractivity contribution in [1.29, 1.82) is 0 Å².